The van der Waals surface area contributed by atoms with Gasteiger partial charge in [0.2, 0.25) is 0 Å². The number of aromatic hydroxyl groups is 1. The average Bonchev–Trinajstić information content (AvgIpc) is 2.45. The summed E-state index contributed by atoms with van der Waals surface area (Å²) in [4.78, 5) is 4.26. The molecule has 0 aliphatic rings. The fraction of sp³-hybridized carbons (Fsp3) is 0.625. The van der Waals surface area contributed by atoms with Gasteiger partial charge in [-0.2, -0.15) is 0 Å². The summed E-state index contributed by atoms with van der Waals surface area (Å²) in [6, 6.07) is 0. The van der Waals surface area contributed by atoms with Crippen molar-refractivity contribution < 1.29 is 5.11 Å². The van der Waals surface area contributed by atoms with Gasteiger partial charge in [0.15, 0.2) is 10.2 Å². The zero-order valence-electron chi connectivity index (χ0n) is 7.59. The summed E-state index contributed by atoms with van der Waals surface area (Å²) in [5.41, 5.74) is 0.812. The Morgan fingerprint density at radius 2 is 2.33 bits per heavy atom. The molecule has 4 heteroatoms. The van der Waals surface area contributed by atoms with Crippen LogP contribution in [0.5, 0.6) is 5.06 Å². The van der Waals surface area contributed by atoms with Crippen LogP contribution in [0.25, 0.3) is 0 Å². The Kier molecular flexibility index (Phi) is 2.92. The fourth-order valence-corrected chi connectivity index (χ4v) is 1.73. The van der Waals surface area contributed by atoms with Crippen LogP contribution < -0.4 is 5.32 Å². The summed E-state index contributed by atoms with van der Waals surface area (Å²) in [7, 11) is 1.80. The second-order valence-electron chi connectivity index (χ2n) is 2.77. The van der Waals surface area contributed by atoms with Crippen molar-refractivity contribution in [2.75, 3.05) is 12.4 Å². The molecule has 2 N–H and O–H groups in total. The molecule has 0 saturated carbocycles. The maximum atomic E-state index is 9.48. The molecule has 1 rings (SSSR count). The van der Waals surface area contributed by atoms with Gasteiger partial charge in [0.05, 0.1) is 5.69 Å². The van der Waals surface area contributed by atoms with E-state index in [0.29, 0.717) is 11.0 Å². The van der Waals surface area contributed by atoms with Crippen molar-refractivity contribution in [1.29, 1.82) is 0 Å². The lowest BCUT2D eigenvalue weighted by Gasteiger charge is -2.03. The zero-order chi connectivity index (χ0) is 9.14. The number of anilines is 1. The van der Waals surface area contributed by atoms with E-state index < -0.39 is 0 Å². The highest BCUT2D eigenvalue weighted by molar-refractivity contribution is 7.17. The standard InChI is InChI=1S/C8H14N2OS/c1-4-5(2)6-7(11)12-8(9-3)10-6/h5,11H,4H2,1-3H3,(H,9,10). The van der Waals surface area contributed by atoms with Crippen LogP contribution in [-0.4, -0.2) is 17.1 Å². The van der Waals surface area contributed by atoms with E-state index in [-0.39, 0.29) is 0 Å². The molecule has 0 aromatic carbocycles. The molecule has 0 spiro atoms. The third-order valence-corrected chi connectivity index (χ3v) is 2.82. The van der Waals surface area contributed by atoms with Crippen LogP contribution in [0.3, 0.4) is 0 Å². The summed E-state index contributed by atoms with van der Waals surface area (Å²) in [5, 5.41) is 13.5. The highest BCUT2D eigenvalue weighted by Gasteiger charge is 2.14. The van der Waals surface area contributed by atoms with E-state index in [1.807, 2.05) is 0 Å². The number of nitrogens with zero attached hydrogens (tertiary/aromatic N) is 1. The van der Waals surface area contributed by atoms with E-state index in [0.717, 1.165) is 17.2 Å². The first-order valence-corrected chi connectivity index (χ1v) is 4.88. The van der Waals surface area contributed by atoms with Gasteiger partial charge in [-0.3, -0.25) is 0 Å². The average molecular weight is 186 g/mol. The molecule has 0 radical (unpaired) electrons. The number of rotatable bonds is 3. The SMILES string of the molecule is CCC(C)c1nc(NC)sc1O. The number of hydrogen-bond acceptors (Lipinski definition) is 4. The van der Waals surface area contributed by atoms with Gasteiger partial charge in [-0.1, -0.05) is 25.2 Å². The van der Waals surface area contributed by atoms with Crippen LogP contribution >= 0.6 is 11.3 Å². The molecule has 1 aromatic heterocycles. The maximum Gasteiger partial charge on any atom is 0.197 e. The fourth-order valence-electron chi connectivity index (χ4n) is 0.945. The summed E-state index contributed by atoms with van der Waals surface area (Å²) in [6.45, 7) is 4.15. The monoisotopic (exact) mass is 186 g/mol. The highest BCUT2D eigenvalue weighted by atomic mass is 32.1. The first kappa shape index (κ1) is 9.32. The van der Waals surface area contributed by atoms with Crippen molar-refractivity contribution in [2.45, 2.75) is 26.2 Å². The van der Waals surface area contributed by atoms with E-state index in [2.05, 4.69) is 24.1 Å². The lowest BCUT2D eigenvalue weighted by molar-refractivity contribution is 0.474. The third kappa shape index (κ3) is 1.69. The van der Waals surface area contributed by atoms with Crippen molar-refractivity contribution in [3.63, 3.8) is 0 Å². The largest absolute Gasteiger partial charge is 0.498 e. The van der Waals surface area contributed by atoms with Crippen molar-refractivity contribution in [1.82, 2.24) is 4.98 Å². The highest BCUT2D eigenvalue weighted by Crippen LogP contribution is 2.34. The Bertz CT molecular complexity index is 260. The summed E-state index contributed by atoms with van der Waals surface area (Å²) in [5.74, 6) is 0.336. The molecular weight excluding hydrogens is 172 g/mol. The second kappa shape index (κ2) is 3.76. The number of thiazole rings is 1. The van der Waals surface area contributed by atoms with E-state index in [1.54, 1.807) is 7.05 Å². The van der Waals surface area contributed by atoms with Crippen molar-refractivity contribution in [3.8, 4) is 5.06 Å². The Balaban J connectivity index is 2.91. The molecule has 0 aliphatic carbocycles. The van der Waals surface area contributed by atoms with Crippen molar-refractivity contribution in [3.05, 3.63) is 5.69 Å². The third-order valence-electron chi connectivity index (χ3n) is 1.93. The number of aromatic nitrogens is 1. The molecule has 68 valence electrons. The van der Waals surface area contributed by atoms with Gasteiger partial charge >= 0.3 is 0 Å². The van der Waals surface area contributed by atoms with E-state index in [1.165, 1.54) is 11.3 Å². The zero-order valence-corrected chi connectivity index (χ0v) is 8.40. The summed E-state index contributed by atoms with van der Waals surface area (Å²) < 4.78 is 0. The van der Waals surface area contributed by atoms with Crippen LogP contribution in [0, 0.1) is 0 Å². The van der Waals surface area contributed by atoms with Crippen LogP contribution in [0.2, 0.25) is 0 Å². The first-order valence-electron chi connectivity index (χ1n) is 4.06. The van der Waals surface area contributed by atoms with E-state index in [9.17, 15) is 5.11 Å². The predicted molar refractivity (Wildman–Crippen MR) is 52.0 cm³/mol. The Morgan fingerprint density at radius 1 is 1.67 bits per heavy atom. The van der Waals surface area contributed by atoms with Gasteiger partial charge < -0.3 is 10.4 Å². The van der Waals surface area contributed by atoms with E-state index in [4.69, 9.17) is 0 Å². The van der Waals surface area contributed by atoms with Gasteiger partial charge in [-0.05, 0) is 6.42 Å². The molecule has 0 fully saturated rings. The van der Waals surface area contributed by atoms with Crippen molar-refractivity contribution >= 4 is 16.5 Å². The Morgan fingerprint density at radius 3 is 2.75 bits per heavy atom. The molecule has 0 bridgehead atoms. The van der Waals surface area contributed by atoms with Gasteiger partial charge in [0.25, 0.3) is 0 Å². The Hall–Kier alpha value is -0.770. The van der Waals surface area contributed by atoms with Crippen LogP contribution in [0.1, 0.15) is 31.9 Å². The second-order valence-corrected chi connectivity index (χ2v) is 3.75. The minimum Gasteiger partial charge on any atom is -0.498 e. The van der Waals surface area contributed by atoms with E-state index >= 15 is 0 Å². The molecule has 0 amide bonds. The summed E-state index contributed by atoms with van der Waals surface area (Å²) in [6.07, 6.45) is 1.00. The molecule has 1 heterocycles. The quantitative estimate of drug-likeness (QED) is 0.762. The smallest absolute Gasteiger partial charge is 0.197 e. The van der Waals surface area contributed by atoms with Gasteiger partial charge in [-0.15, -0.1) is 0 Å². The van der Waals surface area contributed by atoms with Crippen molar-refractivity contribution in [2.24, 2.45) is 0 Å². The lowest BCUT2D eigenvalue weighted by atomic mass is 10.1. The first-order chi connectivity index (χ1) is 5.69. The Labute approximate surface area is 76.5 Å². The molecule has 12 heavy (non-hydrogen) atoms. The number of nitrogens with one attached hydrogen (secondary N) is 1. The molecule has 1 atom stereocenters. The normalized spacial score (nSPS) is 12.9. The molecular formula is C8H14N2OS. The predicted octanol–water partition coefficient (Wildman–Crippen LogP) is 2.40. The molecule has 3 nitrogen and oxygen atoms in total. The topological polar surface area (TPSA) is 45.2 Å². The van der Waals surface area contributed by atoms with Gasteiger partial charge in [-0.25, -0.2) is 4.98 Å². The minimum absolute atomic E-state index is 0.336. The molecule has 1 aromatic rings. The minimum atomic E-state index is 0.336. The van der Waals surface area contributed by atoms with Crippen LogP contribution in [0.4, 0.5) is 5.13 Å². The molecule has 1 unspecified atom stereocenters. The lowest BCUT2D eigenvalue weighted by Crippen LogP contribution is -1.93. The number of hydrogen-bond donors (Lipinski definition) is 2. The van der Waals surface area contributed by atoms with Gasteiger partial charge in [0.1, 0.15) is 0 Å². The summed E-state index contributed by atoms with van der Waals surface area (Å²) >= 11 is 1.29. The molecule has 0 aliphatic heterocycles. The molecule has 0 saturated heterocycles. The van der Waals surface area contributed by atoms with Crippen LogP contribution in [0.15, 0.2) is 0 Å². The maximum absolute atomic E-state index is 9.48. The van der Waals surface area contributed by atoms with Gasteiger partial charge in [0, 0.05) is 13.0 Å². The van der Waals surface area contributed by atoms with Crippen LogP contribution in [-0.2, 0) is 0 Å².